The minimum absolute atomic E-state index is 0.304. The normalized spacial score (nSPS) is 21.1. The van der Waals surface area contributed by atoms with E-state index in [0.29, 0.717) is 38.6 Å². The second-order valence-corrected chi connectivity index (χ2v) is 10.5. The minimum atomic E-state index is -0.372. The first-order chi connectivity index (χ1) is 19.0. The van der Waals surface area contributed by atoms with Crippen molar-refractivity contribution in [3.8, 4) is 5.75 Å². The Morgan fingerprint density at radius 1 is 0.795 bits per heavy atom. The quantitative estimate of drug-likeness (QED) is 0.182. The Kier molecular flexibility index (Phi) is 13.7. The van der Waals surface area contributed by atoms with Gasteiger partial charge in [-0.3, -0.25) is 0 Å². The van der Waals surface area contributed by atoms with Gasteiger partial charge in [0.2, 0.25) is 0 Å². The Labute approximate surface area is 240 Å². The summed E-state index contributed by atoms with van der Waals surface area (Å²) in [6.45, 7) is 15.3. The van der Waals surface area contributed by atoms with E-state index in [1.165, 1.54) is 0 Å². The molecule has 216 valence electrons. The van der Waals surface area contributed by atoms with Crippen LogP contribution in [-0.2, 0) is 25.4 Å². The van der Waals surface area contributed by atoms with Gasteiger partial charge in [0.05, 0.1) is 6.61 Å². The van der Waals surface area contributed by atoms with Crippen molar-refractivity contribution >= 4 is 11.6 Å². The summed E-state index contributed by atoms with van der Waals surface area (Å²) >= 11 is 6.68. The maximum atomic E-state index is 6.68. The van der Waals surface area contributed by atoms with Gasteiger partial charge in [-0.2, -0.15) is 0 Å². The van der Waals surface area contributed by atoms with Crippen molar-refractivity contribution in [2.24, 2.45) is 0 Å². The maximum Gasteiger partial charge on any atom is 0.152 e. The van der Waals surface area contributed by atoms with Gasteiger partial charge in [-0.25, -0.2) is 0 Å². The number of hydrogen-bond acceptors (Lipinski definition) is 5. The molecule has 0 aromatic heterocycles. The predicted octanol–water partition coefficient (Wildman–Crippen LogP) is 8.47. The fraction of sp³-hybridized carbons (Fsp3) is 0.576. The third-order valence-electron chi connectivity index (χ3n) is 6.96. The molecule has 1 aliphatic heterocycles. The molecule has 0 radical (unpaired) electrons. The van der Waals surface area contributed by atoms with Crippen LogP contribution < -0.4 is 4.74 Å². The average molecular weight is 559 g/mol. The molecule has 0 aliphatic carbocycles. The molecule has 1 heterocycles. The van der Waals surface area contributed by atoms with Gasteiger partial charge in [0.1, 0.15) is 29.8 Å². The van der Waals surface area contributed by atoms with Gasteiger partial charge in [-0.05, 0) is 67.5 Å². The highest BCUT2D eigenvalue weighted by Crippen LogP contribution is 2.39. The lowest BCUT2D eigenvalue weighted by molar-refractivity contribution is -0.207. The zero-order valence-corrected chi connectivity index (χ0v) is 25.0. The molecule has 0 unspecified atom stereocenters. The zero-order chi connectivity index (χ0) is 28.0. The lowest BCUT2D eigenvalue weighted by Gasteiger charge is -2.43. The van der Waals surface area contributed by atoms with Crippen LogP contribution in [0.2, 0.25) is 5.02 Å². The summed E-state index contributed by atoms with van der Waals surface area (Å²) in [5.41, 5.74) is 3.19. The molecule has 0 spiro atoms. The summed E-state index contributed by atoms with van der Waals surface area (Å²) in [6, 6.07) is 14.3. The fourth-order valence-electron chi connectivity index (χ4n) is 4.71. The number of rotatable bonds is 17. The Morgan fingerprint density at radius 3 is 2.03 bits per heavy atom. The second kappa shape index (κ2) is 16.9. The van der Waals surface area contributed by atoms with Gasteiger partial charge >= 0.3 is 0 Å². The van der Waals surface area contributed by atoms with E-state index in [4.69, 9.17) is 35.3 Å². The van der Waals surface area contributed by atoms with Crippen LogP contribution in [0.5, 0.6) is 5.75 Å². The van der Waals surface area contributed by atoms with E-state index in [1.54, 1.807) is 0 Å². The van der Waals surface area contributed by atoms with E-state index in [9.17, 15) is 0 Å². The van der Waals surface area contributed by atoms with Crippen molar-refractivity contribution in [3.63, 3.8) is 0 Å². The summed E-state index contributed by atoms with van der Waals surface area (Å²) in [6.07, 6.45) is 5.42. The van der Waals surface area contributed by atoms with Crippen LogP contribution >= 0.6 is 11.6 Å². The van der Waals surface area contributed by atoms with Crippen molar-refractivity contribution in [2.75, 3.05) is 26.4 Å². The number of halogens is 1. The smallest absolute Gasteiger partial charge is 0.152 e. The summed E-state index contributed by atoms with van der Waals surface area (Å²) in [5.74, 6) is 1.46. The third kappa shape index (κ3) is 9.24. The van der Waals surface area contributed by atoms with Crippen molar-refractivity contribution in [3.05, 3.63) is 76.5 Å². The predicted molar refractivity (Wildman–Crippen MR) is 159 cm³/mol. The molecule has 3 rings (SSSR count). The standard InChI is InChI=1S/C33H47ClO5/c1-6-10-19-36-30-24(5)39-31(33(38-21-12-8-3)32(30)37-20-11-7-2)26-15-18-29(34)27(23-26)22-25-13-16-28(17-14-25)35-9-4/h13-18,23,30-33H,5-12,19-22H2,1-4H3/t30-,31+,32+,33+/m1/s1. The highest BCUT2D eigenvalue weighted by molar-refractivity contribution is 6.31. The van der Waals surface area contributed by atoms with Crippen LogP contribution in [0.3, 0.4) is 0 Å². The average Bonchev–Trinajstić information content (AvgIpc) is 2.93. The summed E-state index contributed by atoms with van der Waals surface area (Å²) in [5, 5.41) is 0.724. The first kappa shape index (κ1) is 31.5. The van der Waals surface area contributed by atoms with Crippen LogP contribution in [0.15, 0.2) is 54.8 Å². The topological polar surface area (TPSA) is 46.2 Å². The number of ether oxygens (including phenoxy) is 5. The second-order valence-electron chi connectivity index (χ2n) is 10.1. The van der Waals surface area contributed by atoms with Gasteiger partial charge in [-0.1, -0.05) is 82.5 Å². The number of hydrogen-bond donors (Lipinski definition) is 0. The molecule has 1 saturated heterocycles. The molecule has 0 bridgehead atoms. The monoisotopic (exact) mass is 558 g/mol. The van der Waals surface area contributed by atoms with Crippen molar-refractivity contribution in [1.29, 1.82) is 0 Å². The molecule has 0 N–H and O–H groups in total. The first-order valence-corrected chi connectivity index (χ1v) is 15.1. The molecule has 2 aromatic carbocycles. The molecule has 0 saturated carbocycles. The first-order valence-electron chi connectivity index (χ1n) is 14.7. The van der Waals surface area contributed by atoms with E-state index in [1.807, 2.05) is 31.2 Å². The number of unbranched alkanes of at least 4 members (excludes halogenated alkanes) is 3. The SMILES string of the molecule is C=C1O[C@@H](c2ccc(Cl)c(Cc3ccc(OCC)cc3)c2)[C@H](OCCCC)[C@@H](OCCCC)[C@@H]1OCCCC. The molecule has 1 aliphatic rings. The largest absolute Gasteiger partial charge is 0.494 e. The Balaban J connectivity index is 1.90. The highest BCUT2D eigenvalue weighted by Gasteiger charge is 2.46. The van der Waals surface area contributed by atoms with Gasteiger partial charge in [0, 0.05) is 24.8 Å². The van der Waals surface area contributed by atoms with Crippen molar-refractivity contribution in [1.82, 2.24) is 0 Å². The summed E-state index contributed by atoms with van der Waals surface area (Å²) in [4.78, 5) is 0. The van der Waals surface area contributed by atoms with Crippen molar-refractivity contribution in [2.45, 2.75) is 97.1 Å². The summed E-state index contributed by atoms with van der Waals surface area (Å²) in [7, 11) is 0. The molecule has 39 heavy (non-hydrogen) atoms. The van der Waals surface area contributed by atoms with Crippen LogP contribution in [0.1, 0.15) is 89.0 Å². The van der Waals surface area contributed by atoms with E-state index in [2.05, 4.69) is 45.5 Å². The molecular weight excluding hydrogens is 512 g/mol. The molecule has 2 aromatic rings. The van der Waals surface area contributed by atoms with Crippen molar-refractivity contribution < 1.29 is 23.7 Å². The Bertz CT molecular complexity index is 992. The Hall–Kier alpha value is -2.05. The van der Waals surface area contributed by atoms with Gasteiger partial charge < -0.3 is 23.7 Å². The zero-order valence-electron chi connectivity index (χ0n) is 24.3. The third-order valence-corrected chi connectivity index (χ3v) is 7.32. The minimum Gasteiger partial charge on any atom is -0.494 e. The van der Waals surface area contributed by atoms with Crippen LogP contribution in [0.25, 0.3) is 0 Å². The Morgan fingerprint density at radius 2 is 1.41 bits per heavy atom. The fourth-order valence-corrected chi connectivity index (χ4v) is 4.90. The number of benzene rings is 2. The van der Waals surface area contributed by atoms with Gasteiger partial charge in [0.25, 0.3) is 0 Å². The maximum absolute atomic E-state index is 6.68. The van der Waals surface area contributed by atoms with E-state index in [-0.39, 0.29) is 24.4 Å². The lowest BCUT2D eigenvalue weighted by Crippen LogP contribution is -2.52. The van der Waals surface area contributed by atoms with Gasteiger partial charge in [-0.15, -0.1) is 0 Å². The molecule has 5 nitrogen and oxygen atoms in total. The molecule has 6 heteroatoms. The van der Waals surface area contributed by atoms with E-state index in [0.717, 1.165) is 66.0 Å². The molecular formula is C33H47ClO5. The molecule has 1 fully saturated rings. The molecule has 4 atom stereocenters. The van der Waals surface area contributed by atoms with Crippen LogP contribution in [0.4, 0.5) is 0 Å². The van der Waals surface area contributed by atoms with Gasteiger partial charge in [0.15, 0.2) is 6.10 Å². The van der Waals surface area contributed by atoms with Crippen LogP contribution in [0, 0.1) is 0 Å². The van der Waals surface area contributed by atoms with E-state index >= 15 is 0 Å². The van der Waals surface area contributed by atoms with Crippen LogP contribution in [-0.4, -0.2) is 44.7 Å². The lowest BCUT2D eigenvalue weighted by atomic mass is 9.91. The summed E-state index contributed by atoms with van der Waals surface area (Å²) < 4.78 is 31.4. The molecule has 0 amide bonds. The van der Waals surface area contributed by atoms with E-state index < -0.39 is 0 Å². The highest BCUT2D eigenvalue weighted by atomic mass is 35.5.